The van der Waals surface area contributed by atoms with E-state index in [-0.39, 0.29) is 17.9 Å². The van der Waals surface area contributed by atoms with Crippen molar-refractivity contribution >= 4 is 22.9 Å². The number of piperidine rings is 1. The van der Waals surface area contributed by atoms with Crippen LogP contribution in [-0.2, 0) is 16.1 Å². The largest absolute Gasteiger partial charge is 0.469 e. The Morgan fingerprint density at radius 2 is 1.73 bits per heavy atom. The van der Waals surface area contributed by atoms with Gasteiger partial charge in [-0.15, -0.1) is 0 Å². The molecule has 0 radical (unpaired) electrons. The molecule has 1 saturated carbocycles. The molecule has 2 heterocycles. The van der Waals surface area contributed by atoms with E-state index < -0.39 is 17.3 Å². The van der Waals surface area contributed by atoms with Crippen LogP contribution in [0, 0.1) is 17.7 Å². The Bertz CT molecular complexity index is 1420. The summed E-state index contributed by atoms with van der Waals surface area (Å²) in [5.74, 6) is -0.832. The summed E-state index contributed by atoms with van der Waals surface area (Å²) in [4.78, 5) is 35.4. The van der Waals surface area contributed by atoms with E-state index in [2.05, 4.69) is 31.6 Å². The number of aliphatic hydroxyl groups is 1. The summed E-state index contributed by atoms with van der Waals surface area (Å²) in [6.07, 6.45) is 4.87. The van der Waals surface area contributed by atoms with Gasteiger partial charge < -0.3 is 19.4 Å². The zero-order valence-electron chi connectivity index (χ0n) is 23.5. The summed E-state index contributed by atoms with van der Waals surface area (Å²) >= 11 is 0. The lowest BCUT2D eigenvalue weighted by molar-refractivity contribution is -0.146. The van der Waals surface area contributed by atoms with Gasteiger partial charge in [0.05, 0.1) is 29.7 Å². The van der Waals surface area contributed by atoms with Crippen molar-refractivity contribution in [2.75, 3.05) is 20.2 Å². The average Bonchev–Trinajstić information content (AvgIpc) is 3.29. The standard InChI is InChI=1S/C31H39FN4O4/c1-31(2,39)23-14-16-35(17-15-23)19-20-4-13-26-27(18-20)36(25-11-7-22(8-12-25)29(38)40-3)30(33-26)34-28(37)21-5-9-24(32)10-6-21/h4-6,9-10,13,18,22-23,25,39H,7-8,11-12,14-17,19H2,1-3H3,(H,33,34,37)/t22-,25+. The summed E-state index contributed by atoms with van der Waals surface area (Å²) in [6, 6.07) is 11.8. The van der Waals surface area contributed by atoms with Crippen molar-refractivity contribution in [2.45, 2.75) is 70.6 Å². The zero-order valence-corrected chi connectivity index (χ0v) is 23.5. The molecule has 0 atom stereocenters. The SMILES string of the molecule is COC(=O)[C@H]1CC[C@@H](n2/c(=N/C(=O)c3ccc(F)cc3)[nH]c3ccc(CN4CCC(C(C)(C)O)CC4)cc32)CC1. The number of nitrogens with zero attached hydrogens (tertiary/aromatic N) is 3. The second-order valence-corrected chi connectivity index (χ2v) is 11.8. The number of nitrogens with one attached hydrogen (secondary N) is 1. The molecular formula is C31H39FN4O4. The van der Waals surface area contributed by atoms with E-state index in [1.54, 1.807) is 0 Å². The Hall–Kier alpha value is -3.30. The molecule has 1 aliphatic carbocycles. The number of esters is 1. The third-order valence-corrected chi connectivity index (χ3v) is 8.68. The first kappa shape index (κ1) is 28.2. The van der Waals surface area contributed by atoms with Crippen molar-refractivity contribution < 1.29 is 23.8 Å². The van der Waals surface area contributed by atoms with Crippen molar-refractivity contribution in [3.05, 3.63) is 65.0 Å². The number of halogens is 1. The molecule has 0 spiro atoms. The topological polar surface area (TPSA) is 99.9 Å². The number of rotatable bonds is 6. The first-order chi connectivity index (χ1) is 19.1. The lowest BCUT2D eigenvalue weighted by Gasteiger charge is -2.37. The van der Waals surface area contributed by atoms with Gasteiger partial charge in [-0.3, -0.25) is 14.5 Å². The number of carbonyl (C=O) groups is 2. The predicted molar refractivity (Wildman–Crippen MR) is 150 cm³/mol. The maximum Gasteiger partial charge on any atom is 0.308 e. The highest BCUT2D eigenvalue weighted by atomic mass is 19.1. The van der Waals surface area contributed by atoms with Gasteiger partial charge in [0.1, 0.15) is 5.82 Å². The summed E-state index contributed by atoms with van der Waals surface area (Å²) in [5, 5.41) is 10.4. The number of amides is 1. The molecular weight excluding hydrogens is 511 g/mol. The van der Waals surface area contributed by atoms with Crippen molar-refractivity contribution in [2.24, 2.45) is 16.8 Å². The van der Waals surface area contributed by atoms with Crippen molar-refractivity contribution in [1.82, 2.24) is 14.5 Å². The fourth-order valence-electron chi connectivity index (χ4n) is 6.27. The molecule has 0 unspecified atom stereocenters. The number of fused-ring (bicyclic) bond motifs is 1. The Morgan fingerprint density at radius 1 is 1.05 bits per heavy atom. The zero-order chi connectivity index (χ0) is 28.4. The number of H-pyrrole nitrogens is 1. The van der Waals surface area contributed by atoms with Gasteiger partial charge in [0.2, 0.25) is 5.62 Å². The van der Waals surface area contributed by atoms with Crippen LogP contribution in [-0.4, -0.2) is 57.2 Å². The number of methoxy groups -OCH3 is 1. The number of carbonyl (C=O) groups excluding carboxylic acids is 2. The van der Waals surface area contributed by atoms with E-state index in [0.717, 1.165) is 56.4 Å². The fraction of sp³-hybridized carbons (Fsp3) is 0.516. The molecule has 40 heavy (non-hydrogen) atoms. The smallest absolute Gasteiger partial charge is 0.308 e. The predicted octanol–water partition coefficient (Wildman–Crippen LogP) is 4.74. The van der Waals surface area contributed by atoms with Gasteiger partial charge in [0, 0.05) is 18.2 Å². The quantitative estimate of drug-likeness (QED) is 0.432. The first-order valence-corrected chi connectivity index (χ1v) is 14.2. The molecule has 2 N–H and O–H groups in total. The molecule has 214 valence electrons. The van der Waals surface area contributed by atoms with Crippen molar-refractivity contribution in [1.29, 1.82) is 0 Å². The molecule has 3 aromatic rings. The number of ether oxygens (including phenoxy) is 1. The van der Waals surface area contributed by atoms with E-state index in [9.17, 15) is 19.1 Å². The highest BCUT2D eigenvalue weighted by molar-refractivity contribution is 5.94. The third-order valence-electron chi connectivity index (χ3n) is 8.68. The van der Waals surface area contributed by atoms with Gasteiger partial charge in [-0.2, -0.15) is 4.99 Å². The highest BCUT2D eigenvalue weighted by Gasteiger charge is 2.31. The van der Waals surface area contributed by atoms with Gasteiger partial charge in [0.15, 0.2) is 0 Å². The summed E-state index contributed by atoms with van der Waals surface area (Å²) in [5.41, 5.74) is 3.13. The molecule has 2 aromatic carbocycles. The Balaban J connectivity index is 1.45. The minimum absolute atomic E-state index is 0.0622. The normalized spacial score (nSPS) is 21.6. The second-order valence-electron chi connectivity index (χ2n) is 11.8. The van der Waals surface area contributed by atoms with E-state index in [4.69, 9.17) is 4.74 Å². The lowest BCUT2D eigenvalue weighted by Crippen LogP contribution is -2.41. The number of aromatic amines is 1. The second kappa shape index (κ2) is 11.7. The summed E-state index contributed by atoms with van der Waals surface area (Å²) in [7, 11) is 1.43. The van der Waals surface area contributed by atoms with Crippen LogP contribution in [0.1, 0.15) is 74.3 Å². The molecule has 1 aliphatic heterocycles. The van der Waals surface area contributed by atoms with Crippen molar-refractivity contribution in [3.63, 3.8) is 0 Å². The number of hydrogen-bond acceptors (Lipinski definition) is 5. The Kier molecular flexibility index (Phi) is 8.24. The van der Waals surface area contributed by atoms with Gasteiger partial charge in [-0.25, -0.2) is 4.39 Å². The highest BCUT2D eigenvalue weighted by Crippen LogP contribution is 2.34. The summed E-state index contributed by atoms with van der Waals surface area (Å²) < 4.78 is 20.5. The minimum atomic E-state index is -0.653. The van der Waals surface area contributed by atoms with Crippen LogP contribution in [0.2, 0.25) is 0 Å². The Labute approximate surface area is 233 Å². The summed E-state index contributed by atoms with van der Waals surface area (Å²) in [6.45, 7) is 6.46. The van der Waals surface area contributed by atoms with Crippen LogP contribution < -0.4 is 5.62 Å². The van der Waals surface area contributed by atoms with E-state index in [1.165, 1.54) is 36.9 Å². The maximum absolute atomic E-state index is 13.4. The molecule has 1 amide bonds. The number of hydrogen-bond donors (Lipinski definition) is 2. The fourth-order valence-corrected chi connectivity index (χ4v) is 6.27. The van der Waals surface area contributed by atoms with Crippen molar-refractivity contribution in [3.8, 4) is 0 Å². The van der Waals surface area contributed by atoms with E-state index >= 15 is 0 Å². The molecule has 8 nitrogen and oxygen atoms in total. The van der Waals surface area contributed by atoms with Gasteiger partial charge in [0.25, 0.3) is 5.91 Å². The number of benzene rings is 2. The molecule has 2 fully saturated rings. The molecule has 1 saturated heterocycles. The molecule has 5 rings (SSSR count). The van der Waals surface area contributed by atoms with Crippen LogP contribution in [0.5, 0.6) is 0 Å². The lowest BCUT2D eigenvalue weighted by atomic mass is 9.83. The van der Waals surface area contributed by atoms with Crippen LogP contribution >= 0.6 is 0 Å². The van der Waals surface area contributed by atoms with Gasteiger partial charge in [-0.05, 0) is 113 Å². The van der Waals surface area contributed by atoms with Gasteiger partial charge >= 0.3 is 5.97 Å². The molecule has 1 aromatic heterocycles. The van der Waals surface area contributed by atoms with Crippen LogP contribution in [0.25, 0.3) is 11.0 Å². The Morgan fingerprint density at radius 3 is 2.35 bits per heavy atom. The van der Waals surface area contributed by atoms with Crippen LogP contribution in [0.15, 0.2) is 47.5 Å². The monoisotopic (exact) mass is 550 g/mol. The van der Waals surface area contributed by atoms with Gasteiger partial charge in [-0.1, -0.05) is 6.07 Å². The average molecular weight is 551 g/mol. The maximum atomic E-state index is 13.4. The molecule has 2 aliphatic rings. The minimum Gasteiger partial charge on any atom is -0.469 e. The number of likely N-dealkylation sites (tertiary alicyclic amines) is 1. The van der Waals surface area contributed by atoms with E-state index in [0.29, 0.717) is 29.9 Å². The third kappa shape index (κ3) is 6.20. The molecule has 0 bridgehead atoms. The van der Waals surface area contributed by atoms with Crippen LogP contribution in [0.3, 0.4) is 0 Å². The number of imidazole rings is 1. The number of aromatic nitrogens is 2. The van der Waals surface area contributed by atoms with Crippen LogP contribution in [0.4, 0.5) is 4.39 Å². The molecule has 9 heteroatoms. The first-order valence-electron chi connectivity index (χ1n) is 14.2. The van der Waals surface area contributed by atoms with E-state index in [1.807, 2.05) is 19.9 Å².